The number of benzene rings is 1. The van der Waals surface area contributed by atoms with Gasteiger partial charge in [0.2, 0.25) is 5.78 Å². The Morgan fingerprint density at radius 3 is 2.19 bits per heavy atom. The average Bonchev–Trinajstić information content (AvgIpc) is 2.95. The summed E-state index contributed by atoms with van der Waals surface area (Å²) in [5.74, 6) is 0.583. The quantitative estimate of drug-likeness (QED) is 0.570. The number of esters is 1. The molecule has 2 N–H and O–H groups in total. The van der Waals surface area contributed by atoms with Crippen LogP contribution in [0.25, 0.3) is 0 Å². The molecule has 0 aliphatic heterocycles. The van der Waals surface area contributed by atoms with E-state index in [2.05, 4.69) is 10.3 Å². The van der Waals surface area contributed by atoms with E-state index in [1.54, 1.807) is 41.1 Å². The molecule has 0 aliphatic carbocycles. The first-order valence-corrected chi connectivity index (χ1v) is 8.55. The molecule has 0 unspecified atom stereocenters. The van der Waals surface area contributed by atoms with Gasteiger partial charge in [-0.3, -0.25) is 4.79 Å². The van der Waals surface area contributed by atoms with Crippen LogP contribution in [0.2, 0.25) is 0 Å². The van der Waals surface area contributed by atoms with Gasteiger partial charge in [-0.1, -0.05) is 0 Å². The SMILES string of the molecule is COC(=O)c1c(C)[nH]c(C(=O)[C@@H](C)Nc2cc(OC)c(OC)cc2C)c1C. The number of aromatic amines is 1. The lowest BCUT2D eigenvalue weighted by molar-refractivity contribution is 0.0599. The van der Waals surface area contributed by atoms with Crippen molar-refractivity contribution < 1.29 is 23.8 Å². The lowest BCUT2D eigenvalue weighted by Crippen LogP contribution is -2.27. The molecule has 146 valence electrons. The van der Waals surface area contributed by atoms with Crippen molar-refractivity contribution in [1.82, 2.24) is 4.98 Å². The predicted molar refractivity (Wildman–Crippen MR) is 103 cm³/mol. The first kappa shape index (κ1) is 20.4. The number of carbonyl (C=O) groups excluding carboxylic acids is 2. The maximum absolute atomic E-state index is 12.9. The van der Waals surface area contributed by atoms with Crippen LogP contribution in [0.1, 0.15) is 44.6 Å². The second-order valence-corrected chi connectivity index (χ2v) is 6.37. The summed E-state index contributed by atoms with van der Waals surface area (Å²) in [6.45, 7) is 7.16. The Bertz CT molecular complexity index is 870. The summed E-state index contributed by atoms with van der Waals surface area (Å²) in [5.41, 5.74) is 3.67. The summed E-state index contributed by atoms with van der Waals surface area (Å²) in [4.78, 5) is 27.9. The molecule has 2 rings (SSSR count). The van der Waals surface area contributed by atoms with Crippen LogP contribution in [0.15, 0.2) is 12.1 Å². The number of nitrogens with one attached hydrogen (secondary N) is 2. The summed E-state index contributed by atoms with van der Waals surface area (Å²) in [6, 6.07) is 3.12. The minimum atomic E-state index is -0.524. The molecule has 0 amide bonds. The lowest BCUT2D eigenvalue weighted by atomic mass is 10.0. The zero-order valence-electron chi connectivity index (χ0n) is 16.8. The Labute approximate surface area is 159 Å². The fourth-order valence-electron chi connectivity index (χ4n) is 3.06. The van der Waals surface area contributed by atoms with Crippen molar-refractivity contribution in [3.63, 3.8) is 0 Å². The minimum absolute atomic E-state index is 0.153. The van der Waals surface area contributed by atoms with E-state index in [1.165, 1.54) is 7.11 Å². The van der Waals surface area contributed by atoms with Gasteiger partial charge in [0.1, 0.15) is 0 Å². The van der Waals surface area contributed by atoms with E-state index in [9.17, 15) is 9.59 Å². The Kier molecular flexibility index (Phi) is 6.15. The number of hydrogen-bond acceptors (Lipinski definition) is 6. The Morgan fingerprint density at radius 1 is 1.04 bits per heavy atom. The average molecular weight is 374 g/mol. The molecule has 1 atom stereocenters. The number of H-pyrrole nitrogens is 1. The number of hydrogen-bond donors (Lipinski definition) is 2. The summed E-state index contributed by atoms with van der Waals surface area (Å²) in [6.07, 6.45) is 0. The molecule has 1 aromatic heterocycles. The van der Waals surface area contributed by atoms with Gasteiger partial charge >= 0.3 is 5.97 Å². The maximum atomic E-state index is 12.9. The fraction of sp³-hybridized carbons (Fsp3) is 0.400. The number of Topliss-reactive ketones (excluding diaryl/α,β-unsaturated/α-hetero) is 1. The maximum Gasteiger partial charge on any atom is 0.339 e. The van der Waals surface area contributed by atoms with Crippen LogP contribution >= 0.6 is 0 Å². The van der Waals surface area contributed by atoms with E-state index in [-0.39, 0.29) is 5.78 Å². The molecule has 7 heteroatoms. The third kappa shape index (κ3) is 3.92. The van der Waals surface area contributed by atoms with Gasteiger partial charge in [-0.05, 0) is 44.9 Å². The number of ketones is 1. The Balaban J connectivity index is 2.31. The van der Waals surface area contributed by atoms with Gasteiger partial charge in [-0.25, -0.2) is 4.79 Å². The zero-order chi connectivity index (χ0) is 20.3. The first-order valence-electron chi connectivity index (χ1n) is 8.55. The van der Waals surface area contributed by atoms with Gasteiger partial charge in [0.05, 0.1) is 38.6 Å². The number of rotatable bonds is 7. The highest BCUT2D eigenvalue weighted by atomic mass is 16.5. The van der Waals surface area contributed by atoms with Crippen molar-refractivity contribution >= 4 is 17.4 Å². The van der Waals surface area contributed by atoms with Crippen molar-refractivity contribution in [2.24, 2.45) is 0 Å². The molecule has 0 bridgehead atoms. The number of methoxy groups -OCH3 is 3. The van der Waals surface area contributed by atoms with Crippen LogP contribution in [0.5, 0.6) is 11.5 Å². The molecule has 0 spiro atoms. The molecular formula is C20H26N2O5. The van der Waals surface area contributed by atoms with Crippen LogP contribution in [0, 0.1) is 20.8 Å². The Hall–Kier alpha value is -2.96. The van der Waals surface area contributed by atoms with E-state index in [1.807, 2.05) is 13.0 Å². The predicted octanol–water partition coefficient (Wildman–Crippen LogP) is 3.43. The Morgan fingerprint density at radius 2 is 1.63 bits per heavy atom. The van der Waals surface area contributed by atoms with Gasteiger partial charge < -0.3 is 24.5 Å². The molecule has 1 aromatic carbocycles. The number of carbonyl (C=O) groups is 2. The molecule has 1 heterocycles. The number of aromatic nitrogens is 1. The molecular weight excluding hydrogens is 348 g/mol. The molecule has 0 saturated heterocycles. The van der Waals surface area contributed by atoms with Crippen molar-refractivity contribution in [1.29, 1.82) is 0 Å². The van der Waals surface area contributed by atoms with E-state index < -0.39 is 12.0 Å². The second kappa shape index (κ2) is 8.16. The van der Waals surface area contributed by atoms with E-state index >= 15 is 0 Å². The molecule has 0 radical (unpaired) electrons. The highest BCUT2D eigenvalue weighted by Gasteiger charge is 2.25. The van der Waals surface area contributed by atoms with Gasteiger partial charge in [0, 0.05) is 17.4 Å². The van der Waals surface area contributed by atoms with Gasteiger partial charge in [-0.15, -0.1) is 0 Å². The van der Waals surface area contributed by atoms with E-state index in [0.717, 1.165) is 11.3 Å². The molecule has 27 heavy (non-hydrogen) atoms. The highest BCUT2D eigenvalue weighted by Crippen LogP contribution is 2.33. The van der Waals surface area contributed by atoms with Crippen LogP contribution < -0.4 is 14.8 Å². The summed E-state index contributed by atoms with van der Waals surface area (Å²) >= 11 is 0. The lowest BCUT2D eigenvalue weighted by Gasteiger charge is -2.18. The van der Waals surface area contributed by atoms with Crippen LogP contribution in [0.4, 0.5) is 5.69 Å². The number of anilines is 1. The van der Waals surface area contributed by atoms with Gasteiger partial charge in [0.25, 0.3) is 0 Å². The minimum Gasteiger partial charge on any atom is -0.493 e. The molecule has 0 aliphatic rings. The van der Waals surface area contributed by atoms with Crippen LogP contribution in [-0.2, 0) is 4.74 Å². The van der Waals surface area contributed by atoms with Crippen LogP contribution in [-0.4, -0.2) is 44.1 Å². The summed E-state index contributed by atoms with van der Waals surface area (Å²) < 4.78 is 15.4. The topological polar surface area (TPSA) is 89.7 Å². The van der Waals surface area contributed by atoms with Crippen molar-refractivity contribution in [2.75, 3.05) is 26.6 Å². The first-order chi connectivity index (χ1) is 12.7. The van der Waals surface area contributed by atoms with Crippen molar-refractivity contribution in [3.8, 4) is 11.5 Å². The van der Waals surface area contributed by atoms with E-state index in [4.69, 9.17) is 14.2 Å². The monoisotopic (exact) mass is 374 g/mol. The molecule has 7 nitrogen and oxygen atoms in total. The molecule has 0 saturated carbocycles. The number of aryl methyl sites for hydroxylation is 2. The third-order valence-corrected chi connectivity index (χ3v) is 4.57. The third-order valence-electron chi connectivity index (χ3n) is 4.57. The molecule has 0 fully saturated rings. The van der Waals surface area contributed by atoms with Gasteiger partial charge in [0.15, 0.2) is 11.5 Å². The number of ether oxygens (including phenoxy) is 3. The van der Waals surface area contributed by atoms with E-state index in [0.29, 0.717) is 34.0 Å². The summed E-state index contributed by atoms with van der Waals surface area (Å²) in [5, 5.41) is 3.21. The van der Waals surface area contributed by atoms with Crippen LogP contribution in [0.3, 0.4) is 0 Å². The summed E-state index contributed by atoms with van der Waals surface area (Å²) in [7, 11) is 4.45. The smallest absolute Gasteiger partial charge is 0.339 e. The highest BCUT2D eigenvalue weighted by molar-refractivity contribution is 6.04. The standard InChI is InChI=1S/C20H26N2O5/c1-10-8-15(25-5)16(26-6)9-14(10)21-13(4)19(23)18-11(2)17(12(3)22-18)20(24)27-7/h8-9,13,21-22H,1-7H3/t13-/m1/s1. The van der Waals surface area contributed by atoms with Crippen molar-refractivity contribution in [2.45, 2.75) is 33.7 Å². The second-order valence-electron chi connectivity index (χ2n) is 6.37. The normalized spacial score (nSPS) is 11.7. The largest absolute Gasteiger partial charge is 0.493 e. The van der Waals surface area contributed by atoms with Crippen molar-refractivity contribution in [3.05, 3.63) is 40.2 Å². The fourth-order valence-corrected chi connectivity index (χ4v) is 3.06. The zero-order valence-corrected chi connectivity index (χ0v) is 16.8. The molecule has 2 aromatic rings. The van der Waals surface area contributed by atoms with Gasteiger partial charge in [-0.2, -0.15) is 0 Å².